The summed E-state index contributed by atoms with van der Waals surface area (Å²) >= 11 is 0. The first-order chi connectivity index (χ1) is 14.3. The molecule has 156 valence electrons. The molecule has 0 radical (unpaired) electrons. The molecule has 2 aromatic carbocycles. The van der Waals surface area contributed by atoms with Crippen molar-refractivity contribution in [3.63, 3.8) is 0 Å². The summed E-state index contributed by atoms with van der Waals surface area (Å²) in [5.74, 6) is -0.829. The zero-order valence-electron chi connectivity index (χ0n) is 17.3. The molecule has 0 bridgehead atoms. The molecule has 1 atom stereocenters. The minimum Gasteiger partial charge on any atom is -0.350 e. The number of halogens is 1. The van der Waals surface area contributed by atoms with Crippen LogP contribution in [-0.4, -0.2) is 27.6 Å². The topological polar surface area (TPSA) is 76.0 Å². The van der Waals surface area contributed by atoms with Crippen LogP contribution in [0.3, 0.4) is 0 Å². The summed E-state index contributed by atoms with van der Waals surface area (Å²) in [6.07, 6.45) is 0.106. The first-order valence-electron chi connectivity index (χ1n) is 9.77. The van der Waals surface area contributed by atoms with Crippen molar-refractivity contribution in [1.82, 2.24) is 20.4 Å². The molecule has 0 aliphatic heterocycles. The van der Waals surface area contributed by atoms with Crippen LogP contribution in [0.25, 0.3) is 5.69 Å². The normalized spacial score (nSPS) is 11.7. The summed E-state index contributed by atoms with van der Waals surface area (Å²) < 4.78 is 14.9. The Balaban J connectivity index is 1.60. The summed E-state index contributed by atoms with van der Waals surface area (Å²) in [4.78, 5) is 24.8. The standard InChI is InChI=1S/C23H25FN4O2/c1-15-21(17(3)28(27-15)20-11-9-19(24)10-12-20)13-22(29)26-16(2)23(30)25-14-18-7-5-4-6-8-18/h4-12,16H,13-14H2,1-3H3,(H,25,30)(H,26,29). The number of aryl methyl sites for hydroxylation is 1. The Kier molecular flexibility index (Phi) is 6.61. The van der Waals surface area contributed by atoms with Gasteiger partial charge in [-0.15, -0.1) is 0 Å². The smallest absolute Gasteiger partial charge is 0.242 e. The van der Waals surface area contributed by atoms with Gasteiger partial charge >= 0.3 is 0 Å². The van der Waals surface area contributed by atoms with Crippen LogP contribution in [0.5, 0.6) is 0 Å². The minimum absolute atomic E-state index is 0.106. The van der Waals surface area contributed by atoms with Gasteiger partial charge in [-0.2, -0.15) is 5.10 Å². The van der Waals surface area contributed by atoms with Crippen LogP contribution >= 0.6 is 0 Å². The van der Waals surface area contributed by atoms with Gasteiger partial charge in [0.2, 0.25) is 11.8 Å². The molecule has 1 aromatic heterocycles. The lowest BCUT2D eigenvalue weighted by Gasteiger charge is -2.14. The van der Waals surface area contributed by atoms with Gasteiger partial charge in [-0.3, -0.25) is 9.59 Å². The molecule has 0 aliphatic carbocycles. The molecule has 1 unspecified atom stereocenters. The molecule has 1 heterocycles. The van der Waals surface area contributed by atoms with Crippen molar-refractivity contribution < 1.29 is 14.0 Å². The first kappa shape index (κ1) is 21.2. The Morgan fingerprint density at radius 1 is 1.07 bits per heavy atom. The van der Waals surface area contributed by atoms with Gasteiger partial charge in [0.15, 0.2) is 0 Å². The summed E-state index contributed by atoms with van der Waals surface area (Å²) in [6.45, 7) is 5.75. The molecule has 3 rings (SSSR count). The maximum Gasteiger partial charge on any atom is 0.242 e. The third-order valence-corrected chi connectivity index (χ3v) is 4.93. The lowest BCUT2D eigenvalue weighted by molar-refractivity contribution is -0.128. The minimum atomic E-state index is -0.658. The Labute approximate surface area is 175 Å². The largest absolute Gasteiger partial charge is 0.350 e. The number of hydrogen-bond acceptors (Lipinski definition) is 3. The maximum atomic E-state index is 13.2. The number of nitrogens with zero attached hydrogens (tertiary/aromatic N) is 2. The van der Waals surface area contributed by atoms with Crippen LogP contribution in [0.15, 0.2) is 54.6 Å². The number of nitrogens with one attached hydrogen (secondary N) is 2. The Morgan fingerprint density at radius 2 is 1.73 bits per heavy atom. The number of carbonyl (C=O) groups is 2. The number of benzene rings is 2. The molecular formula is C23H25FN4O2. The molecular weight excluding hydrogens is 383 g/mol. The third kappa shape index (κ3) is 5.11. The fourth-order valence-electron chi connectivity index (χ4n) is 3.22. The molecule has 0 aliphatic rings. The Hall–Kier alpha value is -3.48. The SMILES string of the molecule is Cc1nn(-c2ccc(F)cc2)c(C)c1CC(=O)NC(C)C(=O)NCc1ccccc1. The zero-order valence-corrected chi connectivity index (χ0v) is 17.3. The van der Waals surface area contributed by atoms with Crippen molar-refractivity contribution >= 4 is 11.8 Å². The van der Waals surface area contributed by atoms with Crippen LogP contribution in [0, 0.1) is 19.7 Å². The van der Waals surface area contributed by atoms with Crippen molar-refractivity contribution in [2.24, 2.45) is 0 Å². The molecule has 2 amide bonds. The number of hydrogen-bond donors (Lipinski definition) is 2. The van der Waals surface area contributed by atoms with Gasteiger partial charge in [-0.1, -0.05) is 30.3 Å². The second kappa shape index (κ2) is 9.35. The maximum absolute atomic E-state index is 13.2. The average Bonchev–Trinajstić information content (AvgIpc) is 3.01. The van der Waals surface area contributed by atoms with Crippen LogP contribution in [-0.2, 0) is 22.6 Å². The van der Waals surface area contributed by atoms with Gasteiger partial charge in [0.25, 0.3) is 0 Å². The first-order valence-corrected chi connectivity index (χ1v) is 9.77. The molecule has 0 saturated heterocycles. The van der Waals surface area contributed by atoms with E-state index in [4.69, 9.17) is 0 Å². The van der Waals surface area contributed by atoms with E-state index in [1.165, 1.54) is 12.1 Å². The number of rotatable bonds is 7. The number of amides is 2. The van der Waals surface area contributed by atoms with E-state index in [1.807, 2.05) is 44.2 Å². The molecule has 0 spiro atoms. The second-order valence-corrected chi connectivity index (χ2v) is 7.21. The van der Waals surface area contributed by atoms with E-state index in [0.717, 1.165) is 22.5 Å². The molecule has 0 saturated carbocycles. The fraction of sp³-hybridized carbons (Fsp3) is 0.261. The summed E-state index contributed by atoms with van der Waals surface area (Å²) in [7, 11) is 0. The predicted molar refractivity (Wildman–Crippen MR) is 113 cm³/mol. The molecule has 30 heavy (non-hydrogen) atoms. The van der Waals surface area contributed by atoms with E-state index in [1.54, 1.807) is 23.7 Å². The molecule has 0 fully saturated rings. The summed E-state index contributed by atoms with van der Waals surface area (Å²) in [5.41, 5.74) is 4.01. The van der Waals surface area contributed by atoms with E-state index in [-0.39, 0.29) is 24.1 Å². The van der Waals surface area contributed by atoms with E-state index < -0.39 is 6.04 Å². The predicted octanol–water partition coefficient (Wildman–Crippen LogP) is 2.99. The lowest BCUT2D eigenvalue weighted by Crippen LogP contribution is -2.45. The summed E-state index contributed by atoms with van der Waals surface area (Å²) in [5, 5.41) is 10.0. The van der Waals surface area contributed by atoms with Gasteiger partial charge in [-0.05, 0) is 50.6 Å². The number of carbonyl (C=O) groups excluding carboxylic acids is 2. The van der Waals surface area contributed by atoms with Crippen molar-refractivity contribution in [3.8, 4) is 5.69 Å². The third-order valence-electron chi connectivity index (χ3n) is 4.93. The monoisotopic (exact) mass is 408 g/mol. The Morgan fingerprint density at radius 3 is 2.40 bits per heavy atom. The van der Waals surface area contributed by atoms with Crippen molar-refractivity contribution in [2.75, 3.05) is 0 Å². The quantitative estimate of drug-likeness (QED) is 0.631. The highest BCUT2D eigenvalue weighted by Crippen LogP contribution is 2.19. The van der Waals surface area contributed by atoms with Crippen molar-refractivity contribution in [1.29, 1.82) is 0 Å². The Bertz CT molecular complexity index is 1030. The highest BCUT2D eigenvalue weighted by Gasteiger charge is 2.19. The zero-order chi connectivity index (χ0) is 21.7. The van der Waals surface area contributed by atoms with Crippen molar-refractivity contribution in [2.45, 2.75) is 39.8 Å². The number of aromatic nitrogens is 2. The van der Waals surface area contributed by atoms with E-state index in [9.17, 15) is 14.0 Å². The van der Waals surface area contributed by atoms with Crippen LogP contribution in [0.1, 0.15) is 29.4 Å². The highest BCUT2D eigenvalue weighted by atomic mass is 19.1. The van der Waals surface area contributed by atoms with Gasteiger partial charge in [0.05, 0.1) is 17.8 Å². The molecule has 3 aromatic rings. The van der Waals surface area contributed by atoms with Crippen LogP contribution in [0.4, 0.5) is 4.39 Å². The lowest BCUT2D eigenvalue weighted by atomic mass is 10.1. The van der Waals surface area contributed by atoms with Gasteiger partial charge < -0.3 is 10.6 Å². The van der Waals surface area contributed by atoms with Crippen molar-refractivity contribution in [3.05, 3.63) is 82.9 Å². The van der Waals surface area contributed by atoms with Crippen LogP contribution < -0.4 is 10.6 Å². The fourth-order valence-corrected chi connectivity index (χ4v) is 3.22. The van der Waals surface area contributed by atoms with E-state index in [2.05, 4.69) is 15.7 Å². The summed E-state index contributed by atoms with van der Waals surface area (Å²) in [6, 6.07) is 14.9. The van der Waals surface area contributed by atoms with E-state index in [0.29, 0.717) is 12.2 Å². The van der Waals surface area contributed by atoms with Gasteiger partial charge in [0, 0.05) is 17.8 Å². The highest BCUT2D eigenvalue weighted by molar-refractivity contribution is 5.88. The average molecular weight is 408 g/mol. The molecule has 2 N–H and O–H groups in total. The molecule has 7 heteroatoms. The molecule has 6 nitrogen and oxygen atoms in total. The van der Waals surface area contributed by atoms with Gasteiger partial charge in [-0.25, -0.2) is 9.07 Å². The van der Waals surface area contributed by atoms with Gasteiger partial charge in [0.1, 0.15) is 11.9 Å². The van der Waals surface area contributed by atoms with Crippen LogP contribution in [0.2, 0.25) is 0 Å². The second-order valence-electron chi connectivity index (χ2n) is 7.21. The van der Waals surface area contributed by atoms with E-state index >= 15 is 0 Å².